The molecule has 2 fully saturated rings. The summed E-state index contributed by atoms with van der Waals surface area (Å²) in [6.07, 6.45) is 6.13. The van der Waals surface area contributed by atoms with Crippen LogP contribution in [0.3, 0.4) is 0 Å². The van der Waals surface area contributed by atoms with Crippen molar-refractivity contribution in [2.45, 2.75) is 47.8 Å². The minimum atomic E-state index is -0.0908. The first-order chi connectivity index (χ1) is 8.78. The minimum Gasteiger partial charge on any atom is -0.379 e. The van der Waals surface area contributed by atoms with Crippen LogP contribution in [0.2, 0.25) is 0 Å². The standard InChI is InChI=1S/C15H21NOS/c16-15(8-4-1-5-9-15)13-6-2-3-7-14(13)18-12-10-17-11-12/h2-3,6-7,12H,1,4-5,8-11,16H2. The molecule has 2 aliphatic rings. The number of rotatable bonds is 3. The van der Waals surface area contributed by atoms with Crippen molar-refractivity contribution in [1.29, 1.82) is 0 Å². The molecule has 18 heavy (non-hydrogen) atoms. The van der Waals surface area contributed by atoms with Crippen molar-refractivity contribution in [3.05, 3.63) is 29.8 Å². The Kier molecular flexibility index (Phi) is 3.64. The lowest BCUT2D eigenvalue weighted by molar-refractivity contribution is 0.0455. The van der Waals surface area contributed by atoms with Gasteiger partial charge in [-0.3, -0.25) is 0 Å². The molecule has 0 unspecified atom stereocenters. The molecule has 0 atom stereocenters. The molecule has 0 spiro atoms. The zero-order valence-electron chi connectivity index (χ0n) is 10.7. The number of nitrogens with two attached hydrogens (primary N) is 1. The van der Waals surface area contributed by atoms with Crippen molar-refractivity contribution in [3.8, 4) is 0 Å². The van der Waals surface area contributed by atoms with E-state index in [-0.39, 0.29) is 5.54 Å². The number of hydrogen-bond acceptors (Lipinski definition) is 3. The quantitative estimate of drug-likeness (QED) is 0.909. The number of benzene rings is 1. The van der Waals surface area contributed by atoms with E-state index in [0.717, 1.165) is 26.1 Å². The van der Waals surface area contributed by atoms with Crippen LogP contribution >= 0.6 is 11.8 Å². The number of hydrogen-bond donors (Lipinski definition) is 1. The monoisotopic (exact) mass is 263 g/mol. The zero-order valence-corrected chi connectivity index (χ0v) is 11.5. The molecule has 0 aromatic heterocycles. The first kappa shape index (κ1) is 12.5. The van der Waals surface area contributed by atoms with Crippen LogP contribution in [0.1, 0.15) is 37.7 Å². The highest BCUT2D eigenvalue weighted by atomic mass is 32.2. The van der Waals surface area contributed by atoms with Gasteiger partial charge in [-0.25, -0.2) is 0 Å². The molecule has 3 heteroatoms. The first-order valence-electron chi connectivity index (χ1n) is 6.91. The Morgan fingerprint density at radius 2 is 1.83 bits per heavy atom. The van der Waals surface area contributed by atoms with Crippen LogP contribution in [0.5, 0.6) is 0 Å². The Labute approximate surface area is 113 Å². The Bertz CT molecular complexity index is 411. The molecule has 0 amide bonds. The van der Waals surface area contributed by atoms with Crippen molar-refractivity contribution < 1.29 is 4.74 Å². The average molecular weight is 263 g/mol. The molecule has 1 aromatic rings. The van der Waals surface area contributed by atoms with Gasteiger partial charge in [-0.1, -0.05) is 37.5 Å². The van der Waals surface area contributed by atoms with Crippen molar-refractivity contribution in [2.75, 3.05) is 13.2 Å². The van der Waals surface area contributed by atoms with E-state index in [2.05, 4.69) is 24.3 Å². The molecule has 0 radical (unpaired) electrons. The lowest BCUT2D eigenvalue weighted by atomic mass is 9.77. The smallest absolute Gasteiger partial charge is 0.0611 e. The second-order valence-corrected chi connectivity index (χ2v) is 6.83. The third-order valence-corrected chi connectivity index (χ3v) is 5.29. The summed E-state index contributed by atoms with van der Waals surface area (Å²) in [7, 11) is 0. The summed E-state index contributed by atoms with van der Waals surface area (Å²) in [5, 5.41) is 0.623. The molecular weight excluding hydrogens is 242 g/mol. The maximum atomic E-state index is 6.67. The lowest BCUT2D eigenvalue weighted by Gasteiger charge is -2.36. The third-order valence-electron chi connectivity index (χ3n) is 4.07. The lowest BCUT2D eigenvalue weighted by Crippen LogP contribution is -2.39. The average Bonchev–Trinajstić information content (AvgIpc) is 2.35. The summed E-state index contributed by atoms with van der Waals surface area (Å²) < 4.78 is 5.27. The van der Waals surface area contributed by atoms with Crippen molar-refractivity contribution in [3.63, 3.8) is 0 Å². The van der Waals surface area contributed by atoms with Gasteiger partial charge < -0.3 is 10.5 Å². The molecule has 1 saturated carbocycles. The van der Waals surface area contributed by atoms with Crippen LogP contribution in [-0.2, 0) is 10.3 Å². The Hall–Kier alpha value is -0.510. The van der Waals surface area contributed by atoms with Gasteiger partial charge in [-0.15, -0.1) is 11.8 Å². The normalized spacial score (nSPS) is 23.6. The summed E-state index contributed by atoms with van der Waals surface area (Å²) in [5.41, 5.74) is 7.94. The number of thioether (sulfide) groups is 1. The first-order valence-corrected chi connectivity index (χ1v) is 7.79. The van der Waals surface area contributed by atoms with E-state index < -0.39 is 0 Å². The van der Waals surface area contributed by atoms with Gasteiger partial charge in [0.2, 0.25) is 0 Å². The Morgan fingerprint density at radius 3 is 2.50 bits per heavy atom. The van der Waals surface area contributed by atoms with Gasteiger partial charge in [0, 0.05) is 10.4 Å². The predicted octanol–water partition coefficient (Wildman–Crippen LogP) is 3.30. The number of ether oxygens (including phenoxy) is 1. The zero-order chi connectivity index (χ0) is 12.4. The molecule has 1 aromatic carbocycles. The largest absolute Gasteiger partial charge is 0.379 e. The van der Waals surface area contributed by atoms with E-state index in [1.807, 2.05) is 11.8 Å². The molecule has 3 rings (SSSR count). The summed E-state index contributed by atoms with van der Waals surface area (Å²) >= 11 is 1.94. The van der Waals surface area contributed by atoms with Crippen LogP contribution < -0.4 is 5.73 Å². The molecule has 2 nitrogen and oxygen atoms in total. The predicted molar refractivity (Wildman–Crippen MR) is 75.9 cm³/mol. The second kappa shape index (κ2) is 5.24. The van der Waals surface area contributed by atoms with E-state index in [0.29, 0.717) is 5.25 Å². The molecule has 1 heterocycles. The highest BCUT2D eigenvalue weighted by Gasteiger charge is 2.32. The maximum Gasteiger partial charge on any atom is 0.0611 e. The second-order valence-electron chi connectivity index (χ2n) is 5.49. The summed E-state index contributed by atoms with van der Waals surface area (Å²) in [5.74, 6) is 0. The van der Waals surface area contributed by atoms with Gasteiger partial charge in [-0.05, 0) is 24.5 Å². The van der Waals surface area contributed by atoms with Gasteiger partial charge in [0.25, 0.3) is 0 Å². The van der Waals surface area contributed by atoms with Crippen LogP contribution in [0, 0.1) is 0 Å². The van der Waals surface area contributed by atoms with Gasteiger partial charge in [0.15, 0.2) is 0 Å². The van der Waals surface area contributed by atoms with Crippen LogP contribution in [0.15, 0.2) is 29.2 Å². The molecule has 1 aliphatic heterocycles. The summed E-state index contributed by atoms with van der Waals surface area (Å²) in [6, 6.07) is 8.70. The summed E-state index contributed by atoms with van der Waals surface area (Å²) in [6.45, 7) is 1.77. The van der Waals surface area contributed by atoms with Gasteiger partial charge in [0.1, 0.15) is 0 Å². The maximum absolute atomic E-state index is 6.67. The van der Waals surface area contributed by atoms with E-state index >= 15 is 0 Å². The van der Waals surface area contributed by atoms with Crippen molar-refractivity contribution in [1.82, 2.24) is 0 Å². The van der Waals surface area contributed by atoms with Crippen LogP contribution in [0.4, 0.5) is 0 Å². The third kappa shape index (κ3) is 2.44. The molecule has 1 aliphatic carbocycles. The fourth-order valence-electron chi connectivity index (χ4n) is 2.89. The highest BCUT2D eigenvalue weighted by molar-refractivity contribution is 8.00. The Morgan fingerprint density at radius 1 is 1.11 bits per heavy atom. The fraction of sp³-hybridized carbons (Fsp3) is 0.600. The van der Waals surface area contributed by atoms with Gasteiger partial charge in [0.05, 0.1) is 18.5 Å². The molecule has 98 valence electrons. The molecule has 1 saturated heterocycles. The molecular formula is C15H21NOS. The summed E-state index contributed by atoms with van der Waals surface area (Å²) in [4.78, 5) is 1.37. The fourth-order valence-corrected chi connectivity index (χ4v) is 4.14. The highest BCUT2D eigenvalue weighted by Crippen LogP contribution is 2.41. The van der Waals surface area contributed by atoms with Gasteiger partial charge >= 0.3 is 0 Å². The van der Waals surface area contributed by atoms with Crippen LogP contribution in [-0.4, -0.2) is 18.5 Å². The SMILES string of the molecule is NC1(c2ccccc2SC2COC2)CCCCC1. The van der Waals surface area contributed by atoms with E-state index in [1.165, 1.54) is 29.7 Å². The van der Waals surface area contributed by atoms with Gasteiger partial charge in [-0.2, -0.15) is 0 Å². The van der Waals surface area contributed by atoms with Crippen molar-refractivity contribution >= 4 is 11.8 Å². The van der Waals surface area contributed by atoms with Crippen molar-refractivity contribution in [2.24, 2.45) is 5.73 Å². The van der Waals surface area contributed by atoms with E-state index in [4.69, 9.17) is 10.5 Å². The molecule has 0 bridgehead atoms. The Balaban J connectivity index is 1.85. The topological polar surface area (TPSA) is 35.2 Å². The van der Waals surface area contributed by atoms with E-state index in [9.17, 15) is 0 Å². The molecule has 2 N–H and O–H groups in total. The van der Waals surface area contributed by atoms with Crippen LogP contribution in [0.25, 0.3) is 0 Å². The van der Waals surface area contributed by atoms with E-state index in [1.54, 1.807) is 0 Å². The minimum absolute atomic E-state index is 0.0908.